The first-order chi connectivity index (χ1) is 8.72. The molecule has 3 heterocycles. The molecule has 1 N–H and O–H groups in total. The maximum Gasteiger partial charge on any atom is 0.356 e. The van der Waals surface area contributed by atoms with E-state index in [-0.39, 0.29) is 0 Å². The zero-order valence-electron chi connectivity index (χ0n) is 10.3. The number of methoxy groups -OCH3 is 1. The lowest BCUT2D eigenvalue weighted by molar-refractivity contribution is 0.0594. The van der Waals surface area contributed by atoms with Crippen molar-refractivity contribution in [1.29, 1.82) is 0 Å². The second-order valence-corrected chi connectivity index (χ2v) is 5.01. The van der Waals surface area contributed by atoms with Crippen LogP contribution in [0.25, 0.3) is 0 Å². The Bertz CT molecular complexity index is 473. The second-order valence-electron chi connectivity index (χ2n) is 5.01. The lowest BCUT2D eigenvalue weighted by atomic mass is 9.81. The maximum atomic E-state index is 11.4. The van der Waals surface area contributed by atoms with Crippen LogP contribution in [0.3, 0.4) is 0 Å². The van der Waals surface area contributed by atoms with Gasteiger partial charge in [0, 0.05) is 37.8 Å². The highest BCUT2D eigenvalue weighted by Crippen LogP contribution is 2.35. The van der Waals surface area contributed by atoms with Crippen LogP contribution in [0.4, 0.5) is 5.95 Å². The van der Waals surface area contributed by atoms with Gasteiger partial charge in [-0.3, -0.25) is 0 Å². The van der Waals surface area contributed by atoms with E-state index in [0.29, 0.717) is 17.1 Å². The molecule has 2 aliphatic rings. The standard InChI is InChI=1S/C12H16N4O2/c1-18-10(17)9-2-4-14-11(15-9)16-5-3-12(8-16)6-13-7-12/h2,4,13H,3,5-8H2,1H3. The number of nitrogens with zero attached hydrogens (tertiary/aromatic N) is 3. The number of anilines is 1. The van der Waals surface area contributed by atoms with Crippen LogP contribution in [0.15, 0.2) is 12.3 Å². The van der Waals surface area contributed by atoms with Gasteiger partial charge in [0.25, 0.3) is 0 Å². The molecule has 1 aromatic rings. The van der Waals surface area contributed by atoms with Crippen molar-refractivity contribution in [3.8, 4) is 0 Å². The lowest BCUT2D eigenvalue weighted by Crippen LogP contribution is -2.54. The Balaban J connectivity index is 1.78. The molecule has 0 aromatic carbocycles. The number of ether oxygens (including phenoxy) is 1. The minimum Gasteiger partial charge on any atom is -0.464 e. The number of nitrogens with one attached hydrogen (secondary N) is 1. The molecule has 6 heteroatoms. The zero-order chi connectivity index (χ0) is 12.6. The number of rotatable bonds is 2. The molecule has 2 fully saturated rings. The van der Waals surface area contributed by atoms with Crippen LogP contribution in [0.1, 0.15) is 16.9 Å². The van der Waals surface area contributed by atoms with E-state index < -0.39 is 5.97 Å². The van der Waals surface area contributed by atoms with Crippen LogP contribution < -0.4 is 10.2 Å². The third-order valence-electron chi connectivity index (χ3n) is 3.76. The van der Waals surface area contributed by atoms with Crippen LogP contribution in [0, 0.1) is 5.41 Å². The lowest BCUT2D eigenvalue weighted by Gasteiger charge is -2.38. The van der Waals surface area contributed by atoms with Crippen LogP contribution in [-0.4, -0.2) is 49.2 Å². The topological polar surface area (TPSA) is 67.3 Å². The molecule has 0 unspecified atom stereocenters. The zero-order valence-corrected chi connectivity index (χ0v) is 10.3. The van der Waals surface area contributed by atoms with E-state index in [0.717, 1.165) is 32.6 Å². The highest BCUT2D eigenvalue weighted by Gasteiger charge is 2.43. The highest BCUT2D eigenvalue weighted by atomic mass is 16.5. The summed E-state index contributed by atoms with van der Waals surface area (Å²) in [6.45, 7) is 4.05. The molecule has 0 radical (unpaired) electrons. The van der Waals surface area contributed by atoms with E-state index in [9.17, 15) is 4.79 Å². The van der Waals surface area contributed by atoms with Gasteiger partial charge in [-0.2, -0.15) is 0 Å². The van der Waals surface area contributed by atoms with E-state index in [4.69, 9.17) is 0 Å². The summed E-state index contributed by atoms with van der Waals surface area (Å²) in [6, 6.07) is 1.58. The first kappa shape index (κ1) is 11.4. The van der Waals surface area contributed by atoms with Crippen LogP contribution in [-0.2, 0) is 4.74 Å². The first-order valence-electron chi connectivity index (χ1n) is 6.09. The van der Waals surface area contributed by atoms with Crippen molar-refractivity contribution in [2.45, 2.75) is 6.42 Å². The number of aromatic nitrogens is 2. The van der Waals surface area contributed by atoms with Crippen molar-refractivity contribution < 1.29 is 9.53 Å². The van der Waals surface area contributed by atoms with Gasteiger partial charge in [0.05, 0.1) is 7.11 Å². The highest BCUT2D eigenvalue weighted by molar-refractivity contribution is 5.87. The second kappa shape index (κ2) is 4.20. The Labute approximate surface area is 105 Å². The Hall–Kier alpha value is -1.69. The molecule has 0 amide bonds. The third kappa shape index (κ3) is 1.82. The van der Waals surface area contributed by atoms with Gasteiger partial charge in [-0.25, -0.2) is 14.8 Å². The fraction of sp³-hybridized carbons (Fsp3) is 0.583. The summed E-state index contributed by atoms with van der Waals surface area (Å²) < 4.78 is 4.67. The molecule has 3 rings (SSSR count). The van der Waals surface area contributed by atoms with E-state index in [1.54, 1.807) is 12.3 Å². The van der Waals surface area contributed by atoms with Gasteiger partial charge in [0.2, 0.25) is 5.95 Å². The van der Waals surface area contributed by atoms with Crippen molar-refractivity contribution in [1.82, 2.24) is 15.3 Å². The molecule has 1 spiro atoms. The van der Waals surface area contributed by atoms with Crippen LogP contribution >= 0.6 is 0 Å². The van der Waals surface area contributed by atoms with Crippen molar-refractivity contribution in [3.05, 3.63) is 18.0 Å². The van der Waals surface area contributed by atoms with Gasteiger partial charge < -0.3 is 15.0 Å². The Kier molecular flexibility index (Phi) is 2.66. The van der Waals surface area contributed by atoms with Crippen molar-refractivity contribution in [2.75, 3.05) is 38.2 Å². The molecule has 1 aromatic heterocycles. The van der Waals surface area contributed by atoms with E-state index in [1.807, 2.05) is 0 Å². The Morgan fingerprint density at radius 3 is 3.00 bits per heavy atom. The average molecular weight is 248 g/mol. The van der Waals surface area contributed by atoms with E-state index >= 15 is 0 Å². The molecule has 6 nitrogen and oxygen atoms in total. The van der Waals surface area contributed by atoms with Crippen LogP contribution in [0.2, 0.25) is 0 Å². The Morgan fingerprint density at radius 2 is 2.39 bits per heavy atom. The average Bonchev–Trinajstić information content (AvgIpc) is 2.83. The fourth-order valence-electron chi connectivity index (χ4n) is 2.59. The summed E-state index contributed by atoms with van der Waals surface area (Å²) in [7, 11) is 1.36. The van der Waals surface area contributed by atoms with E-state index in [2.05, 4.69) is 24.9 Å². The van der Waals surface area contributed by atoms with Gasteiger partial charge in [-0.1, -0.05) is 0 Å². The minimum absolute atomic E-state index is 0.315. The smallest absolute Gasteiger partial charge is 0.356 e. The van der Waals surface area contributed by atoms with Gasteiger partial charge in [-0.15, -0.1) is 0 Å². The minimum atomic E-state index is -0.419. The normalized spacial score (nSPS) is 20.8. The summed E-state index contributed by atoms with van der Waals surface area (Å²) >= 11 is 0. The number of carbonyl (C=O) groups excluding carboxylic acids is 1. The predicted octanol–water partition coefficient (Wildman–Crippen LogP) is 0.0629. The van der Waals surface area contributed by atoms with Crippen molar-refractivity contribution in [3.63, 3.8) is 0 Å². The number of hydrogen-bond donors (Lipinski definition) is 1. The number of carbonyl (C=O) groups is 1. The summed E-state index contributed by atoms with van der Waals surface area (Å²) in [5.74, 6) is 0.208. The molecule has 2 aliphatic heterocycles. The molecule has 0 bridgehead atoms. The fourth-order valence-corrected chi connectivity index (χ4v) is 2.59. The van der Waals surface area contributed by atoms with Gasteiger partial charge in [-0.05, 0) is 12.5 Å². The summed E-state index contributed by atoms with van der Waals surface area (Å²) in [5, 5.41) is 3.31. The van der Waals surface area contributed by atoms with Crippen molar-refractivity contribution >= 4 is 11.9 Å². The first-order valence-corrected chi connectivity index (χ1v) is 6.09. The predicted molar refractivity (Wildman–Crippen MR) is 65.5 cm³/mol. The molecule has 0 aliphatic carbocycles. The molecule has 18 heavy (non-hydrogen) atoms. The number of esters is 1. The van der Waals surface area contributed by atoms with E-state index in [1.165, 1.54) is 7.11 Å². The van der Waals surface area contributed by atoms with Crippen molar-refractivity contribution in [2.24, 2.45) is 5.41 Å². The third-order valence-corrected chi connectivity index (χ3v) is 3.76. The van der Waals surface area contributed by atoms with Crippen LogP contribution in [0.5, 0.6) is 0 Å². The summed E-state index contributed by atoms with van der Waals surface area (Å²) in [6.07, 6.45) is 2.77. The maximum absolute atomic E-state index is 11.4. The summed E-state index contributed by atoms with van der Waals surface area (Å²) in [4.78, 5) is 22.1. The molecule has 96 valence electrons. The number of hydrogen-bond acceptors (Lipinski definition) is 6. The van der Waals surface area contributed by atoms with Gasteiger partial charge in [0.15, 0.2) is 5.69 Å². The molecule has 0 saturated carbocycles. The largest absolute Gasteiger partial charge is 0.464 e. The SMILES string of the molecule is COC(=O)c1ccnc(N2CCC3(CNC3)C2)n1. The Morgan fingerprint density at radius 1 is 1.56 bits per heavy atom. The molecular weight excluding hydrogens is 232 g/mol. The quantitative estimate of drug-likeness (QED) is 0.747. The molecular formula is C12H16N4O2. The molecule has 2 saturated heterocycles. The summed E-state index contributed by atoms with van der Waals surface area (Å²) in [5.41, 5.74) is 0.708. The monoisotopic (exact) mass is 248 g/mol. The van der Waals surface area contributed by atoms with Gasteiger partial charge in [0.1, 0.15) is 0 Å². The molecule has 0 atom stereocenters. The van der Waals surface area contributed by atoms with Gasteiger partial charge >= 0.3 is 5.97 Å².